The predicted molar refractivity (Wildman–Crippen MR) is 175 cm³/mol. The molecule has 0 saturated carbocycles. The molecule has 0 amide bonds. The van der Waals surface area contributed by atoms with E-state index in [1.54, 1.807) is 0 Å². The molecule has 1 atom stereocenters. The fourth-order valence-electron chi connectivity index (χ4n) is 4.70. The maximum absolute atomic E-state index is 13.3. The van der Waals surface area contributed by atoms with Gasteiger partial charge in [-0.3, -0.25) is 0 Å². The zero-order valence-corrected chi connectivity index (χ0v) is 34.4. The number of hydrogen-bond acceptors (Lipinski definition) is 8. The summed E-state index contributed by atoms with van der Waals surface area (Å²) in [4.78, 5) is 26.5. The third-order valence-corrected chi connectivity index (χ3v) is 37.2. The molecule has 0 aliphatic heterocycles. The van der Waals surface area contributed by atoms with E-state index in [-0.39, 0.29) is 5.92 Å². The quantitative estimate of drug-likeness (QED) is 0.0630. The van der Waals surface area contributed by atoms with Crippen LogP contribution in [0.4, 0.5) is 9.59 Å². The molecule has 0 heterocycles. The van der Waals surface area contributed by atoms with Gasteiger partial charge in [0.25, 0.3) is 0 Å². The monoisotopic (exact) mass is 818 g/mol. The zero-order valence-electron chi connectivity index (χ0n) is 28.7. The molecule has 0 radical (unpaired) electrons. The number of ether oxygens (including phenoxy) is 2. The van der Waals surface area contributed by atoms with Gasteiger partial charge in [0.05, 0.1) is 0 Å². The third-order valence-electron chi connectivity index (χ3n) is 8.39. The molecular formula is C32H66O8Sn2. The van der Waals surface area contributed by atoms with Gasteiger partial charge < -0.3 is 0 Å². The van der Waals surface area contributed by atoms with Gasteiger partial charge in [-0.15, -0.1) is 0 Å². The van der Waals surface area contributed by atoms with Crippen LogP contribution in [-0.2, 0) is 20.1 Å². The van der Waals surface area contributed by atoms with Crippen LogP contribution in [0.1, 0.15) is 139 Å². The van der Waals surface area contributed by atoms with Gasteiger partial charge in [0, 0.05) is 0 Å². The molecule has 10 heteroatoms. The van der Waals surface area contributed by atoms with Gasteiger partial charge in [-0.25, -0.2) is 0 Å². The average molecular weight is 816 g/mol. The van der Waals surface area contributed by atoms with Gasteiger partial charge >= 0.3 is 271 Å². The molecule has 0 aromatic heterocycles. The molecule has 0 aromatic carbocycles. The summed E-state index contributed by atoms with van der Waals surface area (Å²) in [6.45, 7) is 20.2. The van der Waals surface area contributed by atoms with Crippen molar-refractivity contribution < 1.29 is 29.7 Å². The van der Waals surface area contributed by atoms with Crippen molar-refractivity contribution in [2.75, 3.05) is 19.8 Å². The molecule has 0 rings (SSSR count). The van der Waals surface area contributed by atoms with Crippen molar-refractivity contribution in [2.45, 2.75) is 153 Å². The molecule has 1 unspecified atom stereocenters. The van der Waals surface area contributed by atoms with Crippen molar-refractivity contribution in [1.82, 2.24) is 0 Å². The van der Waals surface area contributed by atoms with Gasteiger partial charge in [0.2, 0.25) is 0 Å². The number of carbonyl (C=O) groups is 2. The van der Waals surface area contributed by atoms with Crippen molar-refractivity contribution in [3.63, 3.8) is 0 Å². The Morgan fingerprint density at radius 3 is 1.31 bits per heavy atom. The Morgan fingerprint density at radius 1 is 0.524 bits per heavy atom. The fraction of sp³-hybridized carbons (Fsp3) is 0.938. The van der Waals surface area contributed by atoms with Crippen LogP contribution in [0.3, 0.4) is 0 Å². The summed E-state index contributed by atoms with van der Waals surface area (Å²) in [6.07, 6.45) is 9.67. The minimum absolute atomic E-state index is 0.282. The van der Waals surface area contributed by atoms with E-state index in [2.05, 4.69) is 62.3 Å². The first kappa shape index (κ1) is 42.1. The van der Waals surface area contributed by atoms with Crippen molar-refractivity contribution >= 4 is 51.1 Å². The Labute approximate surface area is 269 Å². The van der Waals surface area contributed by atoms with E-state index >= 15 is 0 Å². The van der Waals surface area contributed by atoms with Crippen LogP contribution in [-0.4, -0.2) is 71.0 Å². The Hall–Kier alpha value is 0.0574. The Kier molecular flexibility index (Phi) is 25.3. The second kappa shape index (κ2) is 25.3. The van der Waals surface area contributed by atoms with E-state index in [4.69, 9.17) is 20.1 Å². The van der Waals surface area contributed by atoms with Gasteiger partial charge in [0.1, 0.15) is 0 Å². The Balaban J connectivity index is 6.50. The van der Waals surface area contributed by atoms with Crippen molar-refractivity contribution in [3.8, 4) is 0 Å². The van der Waals surface area contributed by atoms with Gasteiger partial charge in [-0.1, -0.05) is 0 Å². The first-order valence-corrected chi connectivity index (χ1v) is 29.1. The molecule has 42 heavy (non-hydrogen) atoms. The van der Waals surface area contributed by atoms with Crippen LogP contribution in [0.2, 0.25) is 13.3 Å². The summed E-state index contributed by atoms with van der Waals surface area (Å²) in [6, 6.07) is 0. The van der Waals surface area contributed by atoms with E-state index in [0.717, 1.165) is 77.0 Å². The molecule has 250 valence electrons. The van der Waals surface area contributed by atoms with E-state index in [1.807, 2.05) is 0 Å². The number of hydrogen-bond donors (Lipinski definition) is 0. The zero-order chi connectivity index (χ0) is 31.9. The van der Waals surface area contributed by atoms with Crippen LogP contribution in [0.25, 0.3) is 0 Å². The second-order valence-corrected chi connectivity index (χ2v) is 31.5. The summed E-state index contributed by atoms with van der Waals surface area (Å²) in [5.41, 5.74) is 0. The van der Waals surface area contributed by atoms with Crippen LogP contribution < -0.4 is 0 Å². The van der Waals surface area contributed by atoms with E-state index in [0.29, 0.717) is 45.0 Å². The topological polar surface area (TPSA) is 89.5 Å². The molecule has 8 nitrogen and oxygen atoms in total. The minimum atomic E-state index is -4.65. The van der Waals surface area contributed by atoms with Crippen LogP contribution in [0.5, 0.6) is 0 Å². The fourth-order valence-corrected chi connectivity index (χ4v) is 39.9. The normalized spacial score (nSPS) is 13.4. The van der Waals surface area contributed by atoms with Gasteiger partial charge in [0.15, 0.2) is 0 Å². The number of carbonyl (C=O) groups excluding carboxylic acids is 2. The molecule has 0 aromatic rings. The van der Waals surface area contributed by atoms with E-state index < -0.39 is 51.1 Å². The maximum atomic E-state index is 13.3. The molecule has 0 saturated heterocycles. The number of unbranched alkanes of at least 4 members (excludes halogenated alkanes) is 3. The van der Waals surface area contributed by atoms with E-state index in [9.17, 15) is 9.59 Å². The van der Waals surface area contributed by atoms with E-state index in [1.165, 1.54) is 0 Å². The summed E-state index contributed by atoms with van der Waals surface area (Å²) in [5.74, 6) is 0.913. The second-order valence-electron chi connectivity index (χ2n) is 11.7. The average Bonchev–Trinajstić information content (AvgIpc) is 2.99. The molecule has 0 aliphatic carbocycles. The predicted octanol–water partition coefficient (Wildman–Crippen LogP) is 10.4. The molecule has 0 spiro atoms. The van der Waals surface area contributed by atoms with Crippen molar-refractivity contribution in [3.05, 3.63) is 0 Å². The van der Waals surface area contributed by atoms with Gasteiger partial charge in [-0.05, 0) is 0 Å². The molecule has 0 N–H and O–H groups in total. The van der Waals surface area contributed by atoms with Crippen LogP contribution in [0, 0.1) is 17.8 Å². The molecular weight excluding hydrogens is 750 g/mol. The van der Waals surface area contributed by atoms with Gasteiger partial charge in [-0.2, -0.15) is 0 Å². The first-order valence-electron chi connectivity index (χ1n) is 17.2. The Morgan fingerprint density at radius 2 is 0.905 bits per heavy atom. The first-order chi connectivity index (χ1) is 20.2. The summed E-state index contributed by atoms with van der Waals surface area (Å²) in [7, 11) is 0. The van der Waals surface area contributed by atoms with Crippen LogP contribution >= 0.6 is 0 Å². The molecule has 0 aliphatic rings. The summed E-state index contributed by atoms with van der Waals surface area (Å²) < 4.78 is 39.8. The van der Waals surface area contributed by atoms with Crippen LogP contribution in [0.15, 0.2) is 0 Å². The molecule has 0 fully saturated rings. The summed E-state index contributed by atoms with van der Waals surface area (Å²) >= 11 is -8.88. The molecule has 0 bridgehead atoms. The summed E-state index contributed by atoms with van der Waals surface area (Å²) in [5, 5.41) is 0. The van der Waals surface area contributed by atoms with Crippen molar-refractivity contribution in [1.29, 1.82) is 0 Å². The standard InChI is InChI=1S/2C7H14O3.C6H13O.3C4H9.O.2Sn/c2*1-3-6(4-2)5-10-7(8)9;1-3-6(4-2)5-7;3*1-3-4-2;;;/h2*6H,3-5H2,1-2H3,(H,8,9);6H,3-5H2,1-2H3;3*1,3-4H2,2H3;;;/q;;-1;;;;;+1;+2/p-2. The SMILES string of the molecule is CCC[CH2][Sn]([CH2]CCC)([O]C(=O)OCC(CC)CC)[O][Sn]([CH2]CCC)([O]CC(CC)CC)[O]C(=O)OCC(CC)CC. The third kappa shape index (κ3) is 17.5. The Bertz CT molecular complexity index is 675. The number of rotatable bonds is 26. The van der Waals surface area contributed by atoms with Crippen molar-refractivity contribution in [2.24, 2.45) is 17.8 Å².